The SMILES string of the molecule is CNC(=O)NCc1c(OC)cc(C)c2cn[nH]c12. The van der Waals surface area contributed by atoms with E-state index in [-0.39, 0.29) is 6.03 Å². The standard InChI is InChI=1S/C12H16N4O2/c1-7-4-10(18-3)9(5-14-12(17)13-2)11-8(7)6-15-16-11/h4,6H,5H2,1-3H3,(H,15,16)(H2,13,14,17). The van der Waals surface area contributed by atoms with Crippen LogP contribution in [0.3, 0.4) is 0 Å². The molecule has 0 aliphatic heterocycles. The molecule has 2 amide bonds. The van der Waals surface area contributed by atoms with E-state index in [2.05, 4.69) is 20.8 Å². The number of urea groups is 1. The molecule has 0 spiro atoms. The van der Waals surface area contributed by atoms with Crippen LogP contribution in [0.4, 0.5) is 4.79 Å². The normalized spacial score (nSPS) is 10.4. The molecule has 96 valence electrons. The molecule has 0 aliphatic rings. The van der Waals surface area contributed by atoms with Crippen LogP contribution in [0.15, 0.2) is 12.3 Å². The van der Waals surface area contributed by atoms with Gasteiger partial charge in [0, 0.05) is 18.0 Å². The number of H-pyrrole nitrogens is 1. The highest BCUT2D eigenvalue weighted by atomic mass is 16.5. The van der Waals surface area contributed by atoms with Crippen LogP contribution in [0, 0.1) is 6.92 Å². The Balaban J connectivity index is 2.43. The van der Waals surface area contributed by atoms with Crippen LogP contribution >= 0.6 is 0 Å². The second-order valence-corrected chi connectivity index (χ2v) is 3.97. The van der Waals surface area contributed by atoms with Crippen LogP contribution in [0.25, 0.3) is 10.9 Å². The van der Waals surface area contributed by atoms with Gasteiger partial charge in [0.2, 0.25) is 0 Å². The Morgan fingerprint density at radius 1 is 1.56 bits per heavy atom. The summed E-state index contributed by atoms with van der Waals surface area (Å²) in [7, 11) is 3.19. The van der Waals surface area contributed by atoms with Crippen molar-refractivity contribution in [2.24, 2.45) is 0 Å². The molecule has 3 N–H and O–H groups in total. The molecule has 0 saturated heterocycles. The number of rotatable bonds is 3. The number of fused-ring (bicyclic) bond motifs is 1. The molecule has 6 nitrogen and oxygen atoms in total. The molecule has 6 heteroatoms. The number of carbonyl (C=O) groups is 1. The summed E-state index contributed by atoms with van der Waals surface area (Å²) in [4.78, 5) is 11.2. The molecule has 0 saturated carbocycles. The third kappa shape index (κ3) is 2.09. The Morgan fingerprint density at radius 2 is 2.33 bits per heavy atom. The molecular weight excluding hydrogens is 232 g/mol. The van der Waals surface area contributed by atoms with Gasteiger partial charge < -0.3 is 15.4 Å². The van der Waals surface area contributed by atoms with Gasteiger partial charge in [-0.1, -0.05) is 0 Å². The van der Waals surface area contributed by atoms with Crippen molar-refractivity contribution in [2.45, 2.75) is 13.5 Å². The van der Waals surface area contributed by atoms with Crippen LogP contribution < -0.4 is 15.4 Å². The second-order valence-electron chi connectivity index (χ2n) is 3.97. The minimum absolute atomic E-state index is 0.231. The van der Waals surface area contributed by atoms with Crippen molar-refractivity contribution >= 4 is 16.9 Å². The molecular formula is C12H16N4O2. The van der Waals surface area contributed by atoms with E-state index < -0.39 is 0 Å². The summed E-state index contributed by atoms with van der Waals surface area (Å²) in [5.41, 5.74) is 2.86. The molecule has 0 radical (unpaired) electrons. The highest BCUT2D eigenvalue weighted by Gasteiger charge is 2.13. The third-order valence-corrected chi connectivity index (χ3v) is 2.88. The van der Waals surface area contributed by atoms with Crippen LogP contribution in [0.5, 0.6) is 5.75 Å². The summed E-state index contributed by atoms with van der Waals surface area (Å²) in [5, 5.41) is 13.3. The van der Waals surface area contributed by atoms with Gasteiger partial charge in [-0.3, -0.25) is 5.10 Å². The fraction of sp³-hybridized carbons (Fsp3) is 0.333. The lowest BCUT2D eigenvalue weighted by Crippen LogP contribution is -2.32. The summed E-state index contributed by atoms with van der Waals surface area (Å²) in [6, 6.07) is 1.71. The number of nitrogens with one attached hydrogen (secondary N) is 3. The number of aromatic nitrogens is 2. The Morgan fingerprint density at radius 3 is 3.00 bits per heavy atom. The lowest BCUT2D eigenvalue weighted by molar-refractivity contribution is 0.242. The summed E-state index contributed by atoms with van der Waals surface area (Å²) in [6.45, 7) is 2.37. The van der Waals surface area contributed by atoms with Crippen molar-refractivity contribution in [1.29, 1.82) is 0 Å². The van der Waals surface area contributed by atoms with Gasteiger partial charge in [0.05, 0.1) is 25.4 Å². The Labute approximate surface area is 105 Å². The topological polar surface area (TPSA) is 79.0 Å². The van der Waals surface area contributed by atoms with Gasteiger partial charge in [-0.25, -0.2) is 4.79 Å². The van der Waals surface area contributed by atoms with Crippen molar-refractivity contribution in [1.82, 2.24) is 20.8 Å². The van der Waals surface area contributed by atoms with Gasteiger partial charge in [0.15, 0.2) is 0 Å². The fourth-order valence-electron chi connectivity index (χ4n) is 1.91. The van der Waals surface area contributed by atoms with Crippen molar-refractivity contribution in [3.63, 3.8) is 0 Å². The first-order valence-electron chi connectivity index (χ1n) is 5.62. The van der Waals surface area contributed by atoms with Gasteiger partial charge in [-0.2, -0.15) is 5.10 Å². The van der Waals surface area contributed by atoms with Crippen molar-refractivity contribution in [2.75, 3.05) is 14.2 Å². The van der Waals surface area contributed by atoms with E-state index in [9.17, 15) is 4.79 Å². The number of hydrogen-bond donors (Lipinski definition) is 3. The number of amides is 2. The van der Waals surface area contributed by atoms with Crippen molar-refractivity contribution in [3.8, 4) is 5.75 Å². The average Bonchev–Trinajstić information content (AvgIpc) is 2.86. The maximum atomic E-state index is 11.2. The van der Waals surface area contributed by atoms with Crippen LogP contribution in [-0.4, -0.2) is 30.4 Å². The van der Waals surface area contributed by atoms with Gasteiger partial charge in [-0.05, 0) is 18.6 Å². The summed E-state index contributed by atoms with van der Waals surface area (Å²) in [5.74, 6) is 0.737. The monoisotopic (exact) mass is 248 g/mol. The average molecular weight is 248 g/mol. The molecule has 0 aliphatic carbocycles. The predicted molar refractivity (Wildman–Crippen MR) is 68.7 cm³/mol. The quantitative estimate of drug-likeness (QED) is 0.766. The lowest BCUT2D eigenvalue weighted by Gasteiger charge is -2.12. The molecule has 2 rings (SSSR count). The molecule has 0 unspecified atom stereocenters. The number of hydrogen-bond acceptors (Lipinski definition) is 3. The van der Waals surface area contributed by atoms with Crippen LogP contribution in [-0.2, 0) is 6.54 Å². The largest absolute Gasteiger partial charge is 0.496 e. The molecule has 2 aromatic rings. The number of carbonyl (C=O) groups excluding carboxylic acids is 1. The zero-order valence-corrected chi connectivity index (χ0v) is 10.6. The summed E-state index contributed by atoms with van der Waals surface area (Å²) >= 11 is 0. The van der Waals surface area contributed by atoms with Gasteiger partial charge in [0.1, 0.15) is 5.75 Å². The second kappa shape index (κ2) is 4.95. The highest BCUT2D eigenvalue weighted by Crippen LogP contribution is 2.29. The minimum Gasteiger partial charge on any atom is -0.496 e. The van der Waals surface area contributed by atoms with Gasteiger partial charge in [-0.15, -0.1) is 0 Å². The first kappa shape index (κ1) is 12.2. The van der Waals surface area contributed by atoms with E-state index in [4.69, 9.17) is 4.74 Å². The van der Waals surface area contributed by atoms with Crippen molar-refractivity contribution < 1.29 is 9.53 Å². The molecule has 0 atom stereocenters. The summed E-state index contributed by atoms with van der Waals surface area (Å²) in [6.07, 6.45) is 1.77. The summed E-state index contributed by atoms with van der Waals surface area (Å²) < 4.78 is 5.35. The molecule has 1 aromatic heterocycles. The Hall–Kier alpha value is -2.24. The fourth-order valence-corrected chi connectivity index (χ4v) is 1.91. The number of nitrogens with zero attached hydrogens (tertiary/aromatic N) is 1. The van der Waals surface area contributed by atoms with Crippen LogP contribution in [0.2, 0.25) is 0 Å². The number of aryl methyl sites for hydroxylation is 1. The van der Waals surface area contributed by atoms with E-state index in [0.29, 0.717) is 6.54 Å². The van der Waals surface area contributed by atoms with E-state index >= 15 is 0 Å². The molecule has 0 bridgehead atoms. The van der Waals surface area contributed by atoms with E-state index in [1.807, 2.05) is 13.0 Å². The Kier molecular flexibility index (Phi) is 3.36. The zero-order chi connectivity index (χ0) is 13.1. The first-order valence-corrected chi connectivity index (χ1v) is 5.62. The van der Waals surface area contributed by atoms with E-state index in [0.717, 1.165) is 27.8 Å². The number of aromatic amines is 1. The lowest BCUT2D eigenvalue weighted by atomic mass is 10.1. The maximum Gasteiger partial charge on any atom is 0.314 e. The van der Waals surface area contributed by atoms with Gasteiger partial charge in [0.25, 0.3) is 0 Å². The molecule has 1 aromatic carbocycles. The number of benzene rings is 1. The number of methoxy groups -OCH3 is 1. The maximum absolute atomic E-state index is 11.2. The number of ether oxygens (including phenoxy) is 1. The third-order valence-electron chi connectivity index (χ3n) is 2.88. The Bertz CT molecular complexity index is 577. The predicted octanol–water partition coefficient (Wildman–Crippen LogP) is 1.31. The minimum atomic E-state index is -0.231. The molecule has 18 heavy (non-hydrogen) atoms. The smallest absolute Gasteiger partial charge is 0.314 e. The van der Waals surface area contributed by atoms with Crippen LogP contribution in [0.1, 0.15) is 11.1 Å². The highest BCUT2D eigenvalue weighted by molar-refractivity contribution is 5.87. The van der Waals surface area contributed by atoms with Crippen molar-refractivity contribution in [3.05, 3.63) is 23.4 Å². The van der Waals surface area contributed by atoms with Gasteiger partial charge >= 0.3 is 6.03 Å². The first-order chi connectivity index (χ1) is 8.67. The van der Waals surface area contributed by atoms with E-state index in [1.165, 1.54) is 0 Å². The molecule has 1 heterocycles. The zero-order valence-electron chi connectivity index (χ0n) is 10.6. The molecule has 0 fully saturated rings. The van der Waals surface area contributed by atoms with E-state index in [1.54, 1.807) is 20.4 Å².